The van der Waals surface area contributed by atoms with E-state index in [0.29, 0.717) is 25.9 Å². The summed E-state index contributed by atoms with van der Waals surface area (Å²) in [4.78, 5) is 2.39. The maximum Gasteiger partial charge on any atom is 0.161 e. The molecule has 0 saturated carbocycles. The summed E-state index contributed by atoms with van der Waals surface area (Å²) in [6, 6.07) is 14.8. The van der Waals surface area contributed by atoms with Crippen molar-refractivity contribution in [2.24, 2.45) is 0 Å². The van der Waals surface area contributed by atoms with Gasteiger partial charge in [-0.15, -0.1) is 0 Å². The van der Waals surface area contributed by atoms with Crippen molar-refractivity contribution < 1.29 is 14.2 Å². The molecule has 2 aromatic rings. The highest BCUT2D eigenvalue weighted by Crippen LogP contribution is 2.28. The zero-order chi connectivity index (χ0) is 20.5. The van der Waals surface area contributed by atoms with Crippen molar-refractivity contribution in [3.05, 3.63) is 53.6 Å². The van der Waals surface area contributed by atoms with Crippen molar-refractivity contribution in [1.29, 1.82) is 0 Å². The van der Waals surface area contributed by atoms with E-state index in [1.165, 1.54) is 37.1 Å². The maximum atomic E-state index is 5.93. The number of aryl methyl sites for hydroxylation is 1. The Balaban J connectivity index is 1.49. The lowest BCUT2D eigenvalue weighted by Gasteiger charge is -2.29. The molecule has 1 N–H and O–H groups in total. The van der Waals surface area contributed by atoms with Gasteiger partial charge in [0.2, 0.25) is 0 Å². The van der Waals surface area contributed by atoms with Crippen LogP contribution in [-0.2, 0) is 6.54 Å². The van der Waals surface area contributed by atoms with Gasteiger partial charge >= 0.3 is 0 Å². The molecule has 2 aromatic carbocycles. The van der Waals surface area contributed by atoms with Crippen LogP contribution in [0.3, 0.4) is 0 Å². The molecule has 0 spiro atoms. The van der Waals surface area contributed by atoms with Crippen LogP contribution in [0, 0.1) is 6.92 Å². The minimum absolute atomic E-state index is 0.473. The third-order valence-corrected chi connectivity index (χ3v) is 5.22. The van der Waals surface area contributed by atoms with Gasteiger partial charge in [-0.3, -0.25) is 0 Å². The normalized spacial score (nSPS) is 15.3. The zero-order valence-corrected chi connectivity index (χ0v) is 17.9. The van der Waals surface area contributed by atoms with Gasteiger partial charge < -0.3 is 24.4 Å². The predicted octanol–water partition coefficient (Wildman–Crippen LogP) is 4.04. The van der Waals surface area contributed by atoms with Gasteiger partial charge in [0.1, 0.15) is 19.0 Å². The number of piperidine rings is 1. The highest BCUT2D eigenvalue weighted by molar-refractivity contribution is 5.43. The fourth-order valence-corrected chi connectivity index (χ4v) is 3.54. The van der Waals surface area contributed by atoms with Gasteiger partial charge in [0.25, 0.3) is 0 Å². The number of nitrogens with zero attached hydrogens (tertiary/aromatic N) is 1. The molecule has 1 heterocycles. The molecule has 5 nitrogen and oxygen atoms in total. The Morgan fingerprint density at radius 1 is 0.966 bits per heavy atom. The first kappa shape index (κ1) is 21.5. The summed E-state index contributed by atoms with van der Waals surface area (Å²) in [7, 11) is 2.19. The Kier molecular flexibility index (Phi) is 8.20. The van der Waals surface area contributed by atoms with Gasteiger partial charge in [-0.1, -0.05) is 18.2 Å². The van der Waals surface area contributed by atoms with E-state index in [4.69, 9.17) is 14.2 Å². The summed E-state index contributed by atoms with van der Waals surface area (Å²) in [5.74, 6) is 2.43. The second-order valence-electron chi connectivity index (χ2n) is 7.69. The van der Waals surface area contributed by atoms with Gasteiger partial charge in [-0.05, 0) is 82.2 Å². The number of ether oxygens (including phenoxy) is 3. The van der Waals surface area contributed by atoms with Crippen LogP contribution in [-0.4, -0.2) is 50.9 Å². The summed E-state index contributed by atoms with van der Waals surface area (Å²) >= 11 is 0. The summed E-state index contributed by atoms with van der Waals surface area (Å²) in [5, 5.41) is 3.68. The molecule has 0 aliphatic carbocycles. The Bertz CT molecular complexity index is 758. The molecule has 1 aliphatic heterocycles. The summed E-state index contributed by atoms with van der Waals surface area (Å²) < 4.78 is 17.5. The van der Waals surface area contributed by atoms with Crippen molar-refractivity contribution in [3.63, 3.8) is 0 Å². The van der Waals surface area contributed by atoms with E-state index in [1.807, 2.05) is 31.2 Å². The standard InChI is InChI=1S/C24H34N2O3/c1-4-27-24-17-20(18-25-21-10-12-26(3)13-11-21)8-9-23(24)29-15-14-28-22-7-5-6-19(2)16-22/h5-9,16-17,21,25H,4,10-15,18H2,1-3H3. The van der Waals surface area contributed by atoms with Crippen molar-refractivity contribution in [2.75, 3.05) is 40.0 Å². The van der Waals surface area contributed by atoms with E-state index in [1.54, 1.807) is 0 Å². The number of benzene rings is 2. The molecule has 29 heavy (non-hydrogen) atoms. The molecule has 0 amide bonds. The summed E-state index contributed by atoms with van der Waals surface area (Å²) in [6.45, 7) is 8.82. The molecule has 1 fully saturated rings. The molecule has 0 radical (unpaired) electrons. The third-order valence-electron chi connectivity index (χ3n) is 5.22. The molecule has 0 unspecified atom stereocenters. The van der Waals surface area contributed by atoms with E-state index < -0.39 is 0 Å². The molecular formula is C24H34N2O3. The number of likely N-dealkylation sites (tertiary alicyclic amines) is 1. The molecule has 1 aliphatic rings. The molecule has 0 aromatic heterocycles. The summed E-state index contributed by atoms with van der Waals surface area (Å²) in [5.41, 5.74) is 2.40. The van der Waals surface area contributed by atoms with Crippen LogP contribution in [0.4, 0.5) is 0 Å². The third kappa shape index (κ3) is 6.94. The minimum atomic E-state index is 0.473. The van der Waals surface area contributed by atoms with Gasteiger partial charge in [0, 0.05) is 12.6 Å². The van der Waals surface area contributed by atoms with Crippen LogP contribution in [0.15, 0.2) is 42.5 Å². The lowest BCUT2D eigenvalue weighted by Crippen LogP contribution is -2.40. The van der Waals surface area contributed by atoms with Crippen LogP contribution in [0.1, 0.15) is 30.9 Å². The Labute approximate surface area is 175 Å². The number of hydrogen-bond donors (Lipinski definition) is 1. The summed E-state index contributed by atoms with van der Waals surface area (Å²) in [6.07, 6.45) is 2.41. The van der Waals surface area contributed by atoms with Gasteiger partial charge in [-0.25, -0.2) is 0 Å². The largest absolute Gasteiger partial charge is 0.490 e. The van der Waals surface area contributed by atoms with E-state index in [0.717, 1.165) is 23.8 Å². The van der Waals surface area contributed by atoms with Crippen LogP contribution in [0.25, 0.3) is 0 Å². The van der Waals surface area contributed by atoms with E-state index in [2.05, 4.69) is 42.4 Å². The van der Waals surface area contributed by atoms with Crippen molar-refractivity contribution in [1.82, 2.24) is 10.2 Å². The molecular weight excluding hydrogens is 364 g/mol. The first-order valence-corrected chi connectivity index (χ1v) is 10.6. The highest BCUT2D eigenvalue weighted by atomic mass is 16.5. The Morgan fingerprint density at radius 3 is 2.52 bits per heavy atom. The van der Waals surface area contributed by atoms with Gasteiger partial charge in [0.15, 0.2) is 11.5 Å². The molecule has 3 rings (SSSR count). The van der Waals surface area contributed by atoms with Crippen LogP contribution in [0.5, 0.6) is 17.2 Å². The number of hydrogen-bond acceptors (Lipinski definition) is 5. The minimum Gasteiger partial charge on any atom is -0.490 e. The smallest absolute Gasteiger partial charge is 0.161 e. The van der Waals surface area contributed by atoms with Crippen molar-refractivity contribution in [3.8, 4) is 17.2 Å². The highest BCUT2D eigenvalue weighted by Gasteiger charge is 2.16. The van der Waals surface area contributed by atoms with Gasteiger partial charge in [-0.2, -0.15) is 0 Å². The van der Waals surface area contributed by atoms with Crippen molar-refractivity contribution in [2.45, 2.75) is 39.3 Å². The second-order valence-corrected chi connectivity index (χ2v) is 7.69. The fraction of sp³-hybridized carbons (Fsp3) is 0.500. The molecule has 158 valence electrons. The molecule has 5 heteroatoms. The Hall–Kier alpha value is -2.24. The average molecular weight is 399 g/mol. The SMILES string of the molecule is CCOc1cc(CNC2CCN(C)CC2)ccc1OCCOc1cccc(C)c1. The quantitative estimate of drug-likeness (QED) is 0.612. The first-order valence-electron chi connectivity index (χ1n) is 10.6. The number of nitrogens with one attached hydrogen (secondary N) is 1. The number of rotatable bonds is 10. The topological polar surface area (TPSA) is 43.0 Å². The van der Waals surface area contributed by atoms with Crippen LogP contribution < -0.4 is 19.5 Å². The monoisotopic (exact) mass is 398 g/mol. The lowest BCUT2D eigenvalue weighted by atomic mass is 10.1. The van der Waals surface area contributed by atoms with Crippen LogP contribution in [0.2, 0.25) is 0 Å². The average Bonchev–Trinajstić information content (AvgIpc) is 2.72. The Morgan fingerprint density at radius 2 is 1.76 bits per heavy atom. The van der Waals surface area contributed by atoms with Gasteiger partial charge in [0.05, 0.1) is 6.61 Å². The maximum absolute atomic E-state index is 5.93. The molecule has 0 atom stereocenters. The zero-order valence-electron chi connectivity index (χ0n) is 17.9. The van der Waals surface area contributed by atoms with E-state index in [9.17, 15) is 0 Å². The van der Waals surface area contributed by atoms with Crippen LogP contribution >= 0.6 is 0 Å². The molecule has 1 saturated heterocycles. The van der Waals surface area contributed by atoms with Crippen molar-refractivity contribution >= 4 is 0 Å². The predicted molar refractivity (Wildman–Crippen MR) is 117 cm³/mol. The molecule has 0 bridgehead atoms. The fourth-order valence-electron chi connectivity index (χ4n) is 3.54. The first-order chi connectivity index (χ1) is 14.1. The van der Waals surface area contributed by atoms with E-state index >= 15 is 0 Å². The second kappa shape index (κ2) is 11.1. The van der Waals surface area contributed by atoms with E-state index in [-0.39, 0.29) is 0 Å². The lowest BCUT2D eigenvalue weighted by molar-refractivity contribution is 0.208.